The predicted octanol–water partition coefficient (Wildman–Crippen LogP) is 5.70. The number of aliphatic imine (C=N–C) groups is 2. The smallest absolute Gasteiger partial charge is 0.210 e. The summed E-state index contributed by atoms with van der Waals surface area (Å²) < 4.78 is 12.0. The average molecular weight is 456 g/mol. The van der Waals surface area contributed by atoms with Gasteiger partial charge in [0, 0.05) is 22.6 Å². The Hall–Kier alpha value is -2.08. The fraction of sp³-hybridized carbons (Fsp3) is 0.615. The maximum Gasteiger partial charge on any atom is 0.210 e. The van der Waals surface area contributed by atoms with Gasteiger partial charge in [-0.05, 0) is 31.4 Å². The quantitative estimate of drug-likeness (QED) is 0.493. The Labute approximate surface area is 194 Å². The predicted molar refractivity (Wildman–Crippen MR) is 139 cm³/mol. The van der Waals surface area contributed by atoms with Gasteiger partial charge in [0.2, 0.25) is 11.8 Å². The van der Waals surface area contributed by atoms with Crippen molar-refractivity contribution in [2.75, 3.05) is 13.2 Å². The number of hydrogen-bond acceptors (Lipinski definition) is 4. The summed E-state index contributed by atoms with van der Waals surface area (Å²) in [6.45, 7) is 16.6. The largest absolute Gasteiger partial charge is 0.480 e. The molecule has 1 aliphatic rings. The first-order valence-electron chi connectivity index (χ1n) is 12.4. The summed E-state index contributed by atoms with van der Waals surface area (Å²) in [4.78, 5) is 14.0. The van der Waals surface area contributed by atoms with Gasteiger partial charge in [0.1, 0.15) is 20.2 Å². The number of hydrogen-bond donors (Lipinski definition) is 1. The summed E-state index contributed by atoms with van der Waals surface area (Å²) in [6, 6.07) is 12.2. The molecular weight excluding hydrogens is 414 g/mol. The molecule has 0 saturated carbocycles. The van der Waals surface area contributed by atoms with Crippen LogP contribution in [0.5, 0.6) is 0 Å². The van der Waals surface area contributed by atoms with Crippen molar-refractivity contribution < 1.29 is 9.47 Å². The molecule has 3 rings (SSSR count). The number of fused-ring (bicyclic) bond motifs is 1. The molecule has 2 atom stereocenters. The zero-order chi connectivity index (χ0) is 23.3. The lowest BCUT2D eigenvalue weighted by molar-refractivity contribution is 0.276. The molecule has 32 heavy (non-hydrogen) atoms. The Kier molecular flexibility index (Phi) is 8.20. The van der Waals surface area contributed by atoms with E-state index in [1.54, 1.807) is 0 Å². The second kappa shape index (κ2) is 10.7. The van der Waals surface area contributed by atoms with Crippen LogP contribution < -0.4 is 5.32 Å². The van der Waals surface area contributed by atoms with E-state index >= 15 is 0 Å². The van der Waals surface area contributed by atoms with E-state index in [2.05, 4.69) is 63.9 Å². The van der Waals surface area contributed by atoms with Crippen LogP contribution in [0.4, 0.5) is 0 Å². The summed E-state index contributed by atoms with van der Waals surface area (Å²) in [5.74, 6) is 1.81. The first-order chi connectivity index (χ1) is 15.4. The summed E-state index contributed by atoms with van der Waals surface area (Å²) in [6.07, 6.45) is 0.786. The van der Waals surface area contributed by atoms with Crippen LogP contribution in [-0.2, 0) is 15.9 Å². The Balaban J connectivity index is 2.12. The minimum absolute atomic E-state index is 0.0782. The summed E-state index contributed by atoms with van der Waals surface area (Å²) >= 11 is 0. The van der Waals surface area contributed by atoms with Crippen molar-refractivity contribution in [3.05, 3.63) is 29.8 Å². The Bertz CT molecular complexity index is 951. The second-order valence-electron chi connectivity index (χ2n) is 9.07. The van der Waals surface area contributed by atoms with Crippen molar-refractivity contribution in [1.29, 1.82) is 0 Å². The van der Waals surface area contributed by atoms with E-state index in [4.69, 9.17) is 19.5 Å². The highest BCUT2D eigenvalue weighted by molar-refractivity contribution is 6.91. The molecule has 0 amide bonds. The van der Waals surface area contributed by atoms with Crippen molar-refractivity contribution in [1.82, 2.24) is 4.98 Å². The van der Waals surface area contributed by atoms with Crippen molar-refractivity contribution in [2.24, 2.45) is 15.9 Å². The molecule has 6 heteroatoms. The minimum Gasteiger partial charge on any atom is -0.480 e. The van der Waals surface area contributed by atoms with Gasteiger partial charge in [0.05, 0.1) is 13.2 Å². The van der Waals surface area contributed by atoms with Gasteiger partial charge in [-0.1, -0.05) is 71.0 Å². The topological polar surface area (TPSA) is 59.0 Å². The Morgan fingerprint density at radius 1 is 0.906 bits per heavy atom. The van der Waals surface area contributed by atoms with Gasteiger partial charge in [0.15, 0.2) is 0 Å². The number of ether oxygens (including phenoxy) is 2. The lowest BCUT2D eigenvalue weighted by Crippen LogP contribution is -2.49. The molecule has 0 aliphatic carbocycles. The van der Waals surface area contributed by atoms with Crippen molar-refractivity contribution in [2.45, 2.75) is 85.1 Å². The number of aromatic amines is 1. The summed E-state index contributed by atoms with van der Waals surface area (Å²) in [7, 11) is -1.63. The van der Waals surface area contributed by atoms with E-state index in [1.165, 1.54) is 39.9 Å². The maximum absolute atomic E-state index is 6.06. The van der Waals surface area contributed by atoms with Crippen LogP contribution in [0.15, 0.2) is 34.3 Å². The zero-order valence-electron chi connectivity index (χ0n) is 21.0. The first kappa shape index (κ1) is 24.6. The highest BCUT2D eigenvalue weighted by Gasteiger charge is 2.37. The Morgan fingerprint density at radius 2 is 1.53 bits per heavy atom. The van der Waals surface area contributed by atoms with Crippen LogP contribution in [0.1, 0.15) is 54.0 Å². The first-order valence-corrected chi connectivity index (χ1v) is 15.1. The average Bonchev–Trinajstić information content (AvgIpc) is 3.16. The van der Waals surface area contributed by atoms with Crippen LogP contribution >= 0.6 is 0 Å². The molecule has 0 spiro atoms. The molecule has 1 N–H and O–H groups in total. The number of benzene rings is 1. The molecule has 1 aromatic heterocycles. The van der Waals surface area contributed by atoms with Crippen LogP contribution in [0.2, 0.25) is 18.1 Å². The van der Waals surface area contributed by atoms with E-state index in [-0.39, 0.29) is 12.1 Å². The zero-order valence-corrected chi connectivity index (χ0v) is 22.0. The number of nitrogens with zero attached hydrogens (tertiary/aromatic N) is 2. The molecule has 0 unspecified atom stereocenters. The molecule has 0 bridgehead atoms. The van der Waals surface area contributed by atoms with Crippen LogP contribution in [0, 0.1) is 5.92 Å². The van der Waals surface area contributed by atoms with Crippen LogP contribution in [0.25, 0.3) is 10.9 Å². The highest BCUT2D eigenvalue weighted by Crippen LogP contribution is 2.29. The van der Waals surface area contributed by atoms with Crippen molar-refractivity contribution in [3.63, 3.8) is 0 Å². The Morgan fingerprint density at radius 3 is 2.12 bits per heavy atom. The third-order valence-corrected chi connectivity index (χ3v) is 12.6. The van der Waals surface area contributed by atoms with Crippen LogP contribution in [-0.4, -0.2) is 50.2 Å². The number of H-pyrrole nitrogens is 1. The van der Waals surface area contributed by atoms with E-state index in [1.807, 2.05) is 13.8 Å². The van der Waals surface area contributed by atoms with Gasteiger partial charge in [-0.2, -0.15) is 0 Å². The van der Waals surface area contributed by atoms with Gasteiger partial charge in [-0.15, -0.1) is 0 Å². The SMILES string of the molecule is CCOC1=N[C@H](C(C)C)C(OCC)=N[C@H]1Cc1c([Si](CC)(CC)CC)[nH]c2ccccc12. The fourth-order valence-electron chi connectivity index (χ4n) is 5.02. The maximum atomic E-state index is 6.06. The molecule has 0 radical (unpaired) electrons. The van der Waals surface area contributed by atoms with Gasteiger partial charge in [0.25, 0.3) is 0 Å². The third-order valence-electron chi connectivity index (χ3n) is 7.08. The van der Waals surface area contributed by atoms with E-state index in [0.717, 1.165) is 18.2 Å². The van der Waals surface area contributed by atoms with Gasteiger partial charge >= 0.3 is 0 Å². The molecule has 0 fully saturated rings. The molecule has 2 aromatic rings. The van der Waals surface area contributed by atoms with Crippen LogP contribution in [0.3, 0.4) is 0 Å². The highest BCUT2D eigenvalue weighted by atomic mass is 28.3. The number of rotatable bonds is 9. The lowest BCUT2D eigenvalue weighted by Gasteiger charge is -2.31. The third kappa shape index (κ3) is 4.66. The standard InChI is InChI=1S/C26H41N3O2Si/c1-8-30-24-22(27-25(31-9-2)23(29-24)18(6)7)17-20-19-15-13-14-16-21(19)28-26(20)32(10-3,11-4)12-5/h13-16,18,22-23,28H,8-12,17H2,1-7H3/t22-,23+/m0/s1. The number of nitrogens with one attached hydrogen (secondary N) is 1. The monoisotopic (exact) mass is 455 g/mol. The van der Waals surface area contributed by atoms with Gasteiger partial charge in [-0.3, -0.25) is 0 Å². The van der Waals surface area contributed by atoms with Gasteiger partial charge in [-0.25, -0.2) is 9.98 Å². The normalized spacial score (nSPS) is 19.2. The van der Waals surface area contributed by atoms with Crippen molar-refractivity contribution in [3.8, 4) is 0 Å². The van der Waals surface area contributed by atoms with E-state index < -0.39 is 8.07 Å². The fourth-order valence-corrected chi connectivity index (χ4v) is 8.86. The molecule has 0 saturated heterocycles. The van der Waals surface area contributed by atoms with E-state index in [9.17, 15) is 0 Å². The van der Waals surface area contributed by atoms with Gasteiger partial charge < -0.3 is 14.5 Å². The summed E-state index contributed by atoms with van der Waals surface area (Å²) in [5.41, 5.74) is 2.63. The molecule has 2 heterocycles. The lowest BCUT2D eigenvalue weighted by atomic mass is 10.00. The molecule has 5 nitrogen and oxygen atoms in total. The summed E-state index contributed by atoms with van der Waals surface area (Å²) in [5, 5.41) is 2.80. The molecule has 176 valence electrons. The molecule has 1 aliphatic heterocycles. The number of para-hydroxylation sites is 1. The van der Waals surface area contributed by atoms with Crippen molar-refractivity contribution >= 4 is 36.1 Å². The molecular formula is C26H41N3O2Si. The molecule has 1 aromatic carbocycles. The number of aromatic nitrogens is 1. The second-order valence-corrected chi connectivity index (χ2v) is 14.3. The minimum atomic E-state index is -1.63. The van der Waals surface area contributed by atoms with E-state index in [0.29, 0.717) is 19.1 Å².